The van der Waals surface area contributed by atoms with Gasteiger partial charge in [0, 0.05) is 13.1 Å². The van der Waals surface area contributed by atoms with Crippen LogP contribution in [0.1, 0.15) is 18.9 Å². The summed E-state index contributed by atoms with van der Waals surface area (Å²) in [6, 6.07) is 6.72. The van der Waals surface area contributed by atoms with E-state index in [-0.39, 0.29) is 17.8 Å². The fourth-order valence-corrected chi connectivity index (χ4v) is 1.53. The second-order valence-electron chi connectivity index (χ2n) is 4.33. The third-order valence-electron chi connectivity index (χ3n) is 2.59. The molecule has 0 aliphatic carbocycles. The minimum absolute atomic E-state index is 0.110. The summed E-state index contributed by atoms with van der Waals surface area (Å²) in [6.45, 7) is 1.98. The molecule has 0 spiro atoms. The first-order chi connectivity index (χ1) is 9.61. The van der Waals surface area contributed by atoms with E-state index < -0.39 is 0 Å². The molecular formula is C14H20FN5. The quantitative estimate of drug-likeness (QED) is 0.614. The molecule has 0 aromatic heterocycles. The van der Waals surface area contributed by atoms with Gasteiger partial charge in [0.25, 0.3) is 0 Å². The normalized spacial score (nSPS) is 14.1. The van der Waals surface area contributed by atoms with Crippen LogP contribution in [-0.2, 0) is 6.42 Å². The van der Waals surface area contributed by atoms with Crippen LogP contribution in [0.2, 0.25) is 0 Å². The lowest BCUT2D eigenvalue weighted by atomic mass is 10.1. The predicted octanol–water partition coefficient (Wildman–Crippen LogP) is 1.74. The van der Waals surface area contributed by atoms with Gasteiger partial charge in [-0.25, -0.2) is 9.38 Å². The van der Waals surface area contributed by atoms with Gasteiger partial charge in [-0.3, -0.25) is 9.98 Å². The van der Waals surface area contributed by atoms with E-state index >= 15 is 0 Å². The van der Waals surface area contributed by atoms with Gasteiger partial charge in [0.05, 0.1) is 6.34 Å². The molecule has 6 heteroatoms. The van der Waals surface area contributed by atoms with Crippen molar-refractivity contribution in [1.82, 2.24) is 5.32 Å². The Bertz CT molecular complexity index is 496. The Morgan fingerprint density at radius 2 is 2.30 bits per heavy atom. The van der Waals surface area contributed by atoms with Gasteiger partial charge in [0.2, 0.25) is 0 Å². The van der Waals surface area contributed by atoms with Crippen LogP contribution >= 0.6 is 0 Å². The lowest BCUT2D eigenvalue weighted by Crippen LogP contribution is -2.30. The van der Waals surface area contributed by atoms with Crippen molar-refractivity contribution in [2.24, 2.45) is 20.7 Å². The summed E-state index contributed by atoms with van der Waals surface area (Å²) in [6.07, 6.45) is 4.47. The Hall–Kier alpha value is -2.24. The number of hydrogen-bond acceptors (Lipinski definition) is 2. The average Bonchev–Trinajstić information content (AvgIpc) is 2.43. The van der Waals surface area contributed by atoms with Crippen molar-refractivity contribution in [2.45, 2.75) is 25.8 Å². The number of benzene rings is 1. The minimum Gasteiger partial charge on any atom is -0.369 e. The number of rotatable bonds is 6. The largest absolute Gasteiger partial charge is 0.369 e. The lowest BCUT2D eigenvalue weighted by molar-refractivity contribution is 0.620. The molecule has 0 saturated carbocycles. The maximum atomic E-state index is 13.0. The van der Waals surface area contributed by atoms with Gasteiger partial charge in [-0.1, -0.05) is 12.1 Å². The van der Waals surface area contributed by atoms with E-state index in [9.17, 15) is 4.39 Å². The topological polar surface area (TPSA) is 75.1 Å². The predicted molar refractivity (Wildman–Crippen MR) is 81.8 cm³/mol. The van der Waals surface area contributed by atoms with Crippen LogP contribution in [-0.4, -0.2) is 31.7 Å². The van der Waals surface area contributed by atoms with Gasteiger partial charge >= 0.3 is 0 Å². The molecule has 0 aliphatic heterocycles. The number of nitrogens with one attached hydrogen (secondary N) is 1. The molecule has 0 bridgehead atoms. The van der Waals surface area contributed by atoms with Crippen molar-refractivity contribution in [3.63, 3.8) is 0 Å². The van der Waals surface area contributed by atoms with E-state index in [1.54, 1.807) is 19.2 Å². The molecule has 1 unspecified atom stereocenters. The van der Waals surface area contributed by atoms with Crippen LogP contribution in [0.5, 0.6) is 0 Å². The van der Waals surface area contributed by atoms with Crippen molar-refractivity contribution >= 4 is 18.6 Å². The molecule has 0 aliphatic rings. The Morgan fingerprint density at radius 3 is 3.00 bits per heavy atom. The summed E-state index contributed by atoms with van der Waals surface area (Å²) in [4.78, 5) is 11.8. The Kier molecular flexibility index (Phi) is 6.95. The number of hydrogen-bond donors (Lipinski definition) is 2. The SMILES string of the molecule is CN=CN=C(N)NC=NC(C)CCc1cccc(F)c1. The third kappa shape index (κ3) is 6.63. The van der Waals surface area contributed by atoms with Crippen molar-refractivity contribution in [2.75, 3.05) is 7.05 Å². The van der Waals surface area contributed by atoms with Gasteiger partial charge in [-0.2, -0.15) is 0 Å². The molecule has 108 valence electrons. The Balaban J connectivity index is 2.34. The molecule has 0 heterocycles. The molecule has 1 aromatic rings. The van der Waals surface area contributed by atoms with E-state index in [1.807, 2.05) is 13.0 Å². The Morgan fingerprint density at radius 1 is 1.50 bits per heavy atom. The monoisotopic (exact) mass is 277 g/mol. The second kappa shape index (κ2) is 8.79. The molecular weight excluding hydrogens is 257 g/mol. The highest BCUT2D eigenvalue weighted by Gasteiger charge is 2.00. The zero-order chi connectivity index (χ0) is 14.8. The highest BCUT2D eigenvalue weighted by atomic mass is 19.1. The molecule has 1 rings (SSSR count). The maximum absolute atomic E-state index is 13.0. The number of aryl methyl sites for hydroxylation is 1. The van der Waals surface area contributed by atoms with Crippen molar-refractivity contribution < 1.29 is 4.39 Å². The molecule has 5 nitrogen and oxygen atoms in total. The number of nitrogens with two attached hydrogens (primary N) is 1. The number of halogens is 1. The number of guanidine groups is 1. The van der Waals surface area contributed by atoms with Crippen molar-refractivity contribution in [3.05, 3.63) is 35.6 Å². The van der Waals surface area contributed by atoms with E-state index in [4.69, 9.17) is 5.73 Å². The van der Waals surface area contributed by atoms with Crippen LogP contribution < -0.4 is 11.1 Å². The summed E-state index contributed by atoms with van der Waals surface area (Å²) < 4.78 is 13.0. The molecule has 0 radical (unpaired) electrons. The van der Waals surface area contributed by atoms with E-state index in [2.05, 4.69) is 20.3 Å². The third-order valence-corrected chi connectivity index (χ3v) is 2.59. The summed E-state index contributed by atoms with van der Waals surface area (Å²) in [5.41, 5.74) is 6.51. The van der Waals surface area contributed by atoms with Gasteiger partial charge in [-0.05, 0) is 37.5 Å². The molecule has 1 aromatic carbocycles. The highest BCUT2D eigenvalue weighted by molar-refractivity contribution is 5.93. The van der Waals surface area contributed by atoms with Crippen molar-refractivity contribution in [1.29, 1.82) is 0 Å². The molecule has 0 saturated heterocycles. The van der Waals surface area contributed by atoms with Crippen molar-refractivity contribution in [3.8, 4) is 0 Å². The summed E-state index contributed by atoms with van der Waals surface area (Å²) in [5, 5.41) is 2.74. The van der Waals surface area contributed by atoms with Crippen LogP contribution in [0.25, 0.3) is 0 Å². The van der Waals surface area contributed by atoms with Crippen LogP contribution in [0.15, 0.2) is 39.2 Å². The van der Waals surface area contributed by atoms with Crippen LogP contribution in [0.4, 0.5) is 4.39 Å². The molecule has 20 heavy (non-hydrogen) atoms. The second-order valence-corrected chi connectivity index (χ2v) is 4.33. The van der Waals surface area contributed by atoms with E-state index in [0.717, 1.165) is 18.4 Å². The fourth-order valence-electron chi connectivity index (χ4n) is 1.53. The van der Waals surface area contributed by atoms with Gasteiger partial charge < -0.3 is 11.1 Å². The zero-order valence-electron chi connectivity index (χ0n) is 11.8. The number of aliphatic imine (C=N–C) groups is 3. The van der Waals surface area contributed by atoms with Crippen LogP contribution in [0.3, 0.4) is 0 Å². The smallest absolute Gasteiger partial charge is 0.199 e. The summed E-state index contributed by atoms with van der Waals surface area (Å²) in [5.74, 6) is 0.0265. The molecule has 1 atom stereocenters. The molecule has 3 N–H and O–H groups in total. The number of nitrogens with zero attached hydrogens (tertiary/aromatic N) is 3. The Labute approximate surface area is 118 Å². The van der Waals surface area contributed by atoms with Gasteiger partial charge in [-0.15, -0.1) is 0 Å². The summed E-state index contributed by atoms with van der Waals surface area (Å²) in [7, 11) is 1.61. The molecule has 0 fully saturated rings. The standard InChI is InChI=1S/C14H20FN5/c1-11(18-10-20-14(16)19-9-17-2)6-7-12-4-3-5-13(15)8-12/h3-5,8-11H,6-7H2,1-2H3,(H3,16,17,18,19,20). The van der Waals surface area contributed by atoms with Gasteiger partial charge in [0.15, 0.2) is 5.96 Å². The minimum atomic E-state index is -0.207. The van der Waals surface area contributed by atoms with Crippen LogP contribution in [0, 0.1) is 5.82 Å². The van der Waals surface area contributed by atoms with E-state index in [1.165, 1.54) is 18.7 Å². The van der Waals surface area contributed by atoms with Gasteiger partial charge in [0.1, 0.15) is 12.2 Å². The maximum Gasteiger partial charge on any atom is 0.199 e. The first-order valence-corrected chi connectivity index (χ1v) is 6.38. The lowest BCUT2D eigenvalue weighted by Gasteiger charge is -2.06. The van der Waals surface area contributed by atoms with E-state index in [0.29, 0.717) is 0 Å². The first-order valence-electron chi connectivity index (χ1n) is 6.38. The average molecular weight is 277 g/mol. The molecule has 0 amide bonds. The fraction of sp³-hybridized carbons (Fsp3) is 0.357. The first kappa shape index (κ1) is 15.8. The zero-order valence-corrected chi connectivity index (χ0v) is 11.8. The highest BCUT2D eigenvalue weighted by Crippen LogP contribution is 2.08. The summed E-state index contributed by atoms with van der Waals surface area (Å²) >= 11 is 0.